The molecule has 0 fully saturated rings. The molecule has 0 aliphatic rings. The maximum Gasteiger partial charge on any atom is 0.242 e. The molecule has 0 heterocycles. The van der Waals surface area contributed by atoms with Crippen molar-refractivity contribution < 1.29 is 9.59 Å². The van der Waals surface area contributed by atoms with E-state index in [4.69, 9.17) is 5.73 Å². The van der Waals surface area contributed by atoms with Gasteiger partial charge in [0.05, 0.1) is 0 Å². The molecule has 0 radical (unpaired) electrons. The van der Waals surface area contributed by atoms with E-state index in [-0.39, 0.29) is 30.3 Å². The highest BCUT2D eigenvalue weighted by Gasteiger charge is 2.17. The summed E-state index contributed by atoms with van der Waals surface area (Å²) < 4.78 is 0. The smallest absolute Gasteiger partial charge is 0.242 e. The highest BCUT2D eigenvalue weighted by atomic mass is 16.2. The zero-order valence-electron chi connectivity index (χ0n) is 11.2. The molecule has 0 spiro atoms. The van der Waals surface area contributed by atoms with E-state index in [9.17, 15) is 9.59 Å². The summed E-state index contributed by atoms with van der Waals surface area (Å²) >= 11 is 0. The summed E-state index contributed by atoms with van der Waals surface area (Å²) in [5.41, 5.74) is 5.76. The van der Waals surface area contributed by atoms with Crippen molar-refractivity contribution in [2.24, 2.45) is 5.73 Å². The lowest BCUT2D eigenvalue weighted by Crippen LogP contribution is -2.47. The Balaban J connectivity index is 3.98. The molecule has 0 aliphatic heterocycles. The van der Waals surface area contributed by atoms with Crippen molar-refractivity contribution in [3.05, 3.63) is 0 Å². The first-order valence-corrected chi connectivity index (χ1v) is 6.22. The van der Waals surface area contributed by atoms with Gasteiger partial charge in [0.25, 0.3) is 0 Å². The Morgan fingerprint density at radius 1 is 1.18 bits per heavy atom. The molecule has 2 amide bonds. The summed E-state index contributed by atoms with van der Waals surface area (Å²) in [6, 6.07) is -0.566. The molecule has 0 saturated carbocycles. The van der Waals surface area contributed by atoms with Gasteiger partial charge < -0.3 is 16.4 Å². The van der Waals surface area contributed by atoms with Crippen LogP contribution in [0.25, 0.3) is 0 Å². The Morgan fingerprint density at radius 3 is 2.24 bits per heavy atom. The van der Waals surface area contributed by atoms with E-state index in [2.05, 4.69) is 10.6 Å². The van der Waals surface area contributed by atoms with Gasteiger partial charge in [-0.1, -0.05) is 13.3 Å². The number of rotatable bonds is 7. The van der Waals surface area contributed by atoms with Crippen molar-refractivity contribution in [3.63, 3.8) is 0 Å². The highest BCUT2D eigenvalue weighted by molar-refractivity contribution is 5.87. The first-order valence-electron chi connectivity index (χ1n) is 6.22. The van der Waals surface area contributed by atoms with Crippen LogP contribution in [-0.4, -0.2) is 29.9 Å². The van der Waals surface area contributed by atoms with E-state index in [0.717, 1.165) is 12.8 Å². The lowest BCUT2D eigenvalue weighted by molar-refractivity contribution is -0.129. The molecule has 0 aromatic rings. The molecule has 0 saturated heterocycles. The van der Waals surface area contributed by atoms with Gasteiger partial charge in [-0.05, 0) is 27.2 Å². The van der Waals surface area contributed by atoms with E-state index in [0.29, 0.717) is 0 Å². The van der Waals surface area contributed by atoms with Gasteiger partial charge in [0.1, 0.15) is 6.04 Å². The minimum absolute atomic E-state index is 0.0733. The normalized spacial score (nSPS) is 14.2. The van der Waals surface area contributed by atoms with Gasteiger partial charge in [-0.2, -0.15) is 0 Å². The standard InChI is InChI=1S/C12H25N3O2/c1-5-6-10(13)7-11(16)15-9(4)12(17)14-8(2)3/h8-10H,5-7,13H2,1-4H3,(H,14,17)(H,15,16). The fourth-order valence-electron chi connectivity index (χ4n) is 1.49. The quantitative estimate of drug-likeness (QED) is 0.610. The fraction of sp³-hybridized carbons (Fsp3) is 0.833. The zero-order chi connectivity index (χ0) is 13.4. The third kappa shape index (κ3) is 7.74. The van der Waals surface area contributed by atoms with Crippen LogP contribution in [0.1, 0.15) is 47.0 Å². The maximum absolute atomic E-state index is 11.6. The lowest BCUT2D eigenvalue weighted by Gasteiger charge is -2.17. The van der Waals surface area contributed by atoms with E-state index < -0.39 is 6.04 Å². The van der Waals surface area contributed by atoms with Crippen molar-refractivity contribution >= 4 is 11.8 Å². The van der Waals surface area contributed by atoms with Gasteiger partial charge in [-0.25, -0.2) is 0 Å². The summed E-state index contributed by atoms with van der Waals surface area (Å²) in [7, 11) is 0. The number of nitrogens with two attached hydrogens (primary N) is 1. The second-order valence-electron chi connectivity index (χ2n) is 4.71. The number of hydrogen-bond acceptors (Lipinski definition) is 3. The lowest BCUT2D eigenvalue weighted by atomic mass is 10.1. The number of nitrogens with one attached hydrogen (secondary N) is 2. The minimum atomic E-state index is -0.515. The topological polar surface area (TPSA) is 84.2 Å². The minimum Gasteiger partial charge on any atom is -0.352 e. The summed E-state index contributed by atoms with van der Waals surface area (Å²) in [5, 5.41) is 5.38. The third-order valence-corrected chi connectivity index (χ3v) is 2.31. The molecule has 5 heteroatoms. The molecule has 0 aromatic carbocycles. The van der Waals surface area contributed by atoms with Gasteiger partial charge >= 0.3 is 0 Å². The molecule has 5 nitrogen and oxygen atoms in total. The van der Waals surface area contributed by atoms with Crippen LogP contribution in [0, 0.1) is 0 Å². The highest BCUT2D eigenvalue weighted by Crippen LogP contribution is 1.98. The second-order valence-corrected chi connectivity index (χ2v) is 4.71. The SMILES string of the molecule is CCCC(N)CC(=O)NC(C)C(=O)NC(C)C. The average molecular weight is 243 g/mol. The van der Waals surface area contributed by atoms with E-state index >= 15 is 0 Å². The zero-order valence-corrected chi connectivity index (χ0v) is 11.2. The Labute approximate surface area is 104 Å². The van der Waals surface area contributed by atoms with Crippen molar-refractivity contribution in [2.45, 2.75) is 65.1 Å². The fourth-order valence-corrected chi connectivity index (χ4v) is 1.49. The number of carbonyl (C=O) groups excluding carboxylic acids is 2. The van der Waals surface area contributed by atoms with Crippen molar-refractivity contribution in [3.8, 4) is 0 Å². The van der Waals surface area contributed by atoms with Gasteiger partial charge in [0, 0.05) is 18.5 Å². The monoisotopic (exact) mass is 243 g/mol. The van der Waals surface area contributed by atoms with Crippen LogP contribution in [0.4, 0.5) is 0 Å². The predicted molar refractivity (Wildman–Crippen MR) is 68.4 cm³/mol. The second kappa shape index (κ2) is 8.06. The van der Waals surface area contributed by atoms with Crippen LogP contribution in [0.3, 0.4) is 0 Å². The molecule has 0 aliphatic carbocycles. The Morgan fingerprint density at radius 2 is 1.76 bits per heavy atom. The van der Waals surface area contributed by atoms with Crippen molar-refractivity contribution in [2.75, 3.05) is 0 Å². The first kappa shape index (κ1) is 15.9. The third-order valence-electron chi connectivity index (χ3n) is 2.31. The molecular formula is C12H25N3O2. The van der Waals surface area contributed by atoms with Crippen LogP contribution in [-0.2, 0) is 9.59 Å². The molecule has 2 unspecified atom stereocenters. The number of amides is 2. The predicted octanol–water partition coefficient (Wildman–Crippen LogP) is 0.533. The Kier molecular flexibility index (Phi) is 7.54. The van der Waals surface area contributed by atoms with Gasteiger partial charge in [-0.15, -0.1) is 0 Å². The summed E-state index contributed by atoms with van der Waals surface area (Å²) in [6.07, 6.45) is 2.05. The maximum atomic E-state index is 11.6. The molecule has 4 N–H and O–H groups in total. The van der Waals surface area contributed by atoms with Crippen LogP contribution in [0.2, 0.25) is 0 Å². The van der Waals surface area contributed by atoms with E-state index in [1.54, 1.807) is 6.92 Å². The molecule has 0 bridgehead atoms. The summed E-state index contributed by atoms with van der Waals surface area (Å²) in [4.78, 5) is 23.1. The molecule has 0 rings (SSSR count). The van der Waals surface area contributed by atoms with Crippen molar-refractivity contribution in [1.29, 1.82) is 0 Å². The van der Waals surface area contributed by atoms with Crippen LogP contribution >= 0.6 is 0 Å². The Bertz CT molecular complexity index is 254. The van der Waals surface area contributed by atoms with Gasteiger partial charge in [0.15, 0.2) is 0 Å². The van der Waals surface area contributed by atoms with Crippen molar-refractivity contribution in [1.82, 2.24) is 10.6 Å². The average Bonchev–Trinajstić information content (AvgIpc) is 2.16. The van der Waals surface area contributed by atoms with Crippen LogP contribution in [0.5, 0.6) is 0 Å². The molecule has 2 atom stereocenters. The van der Waals surface area contributed by atoms with Crippen LogP contribution in [0.15, 0.2) is 0 Å². The van der Waals surface area contributed by atoms with E-state index in [1.807, 2.05) is 20.8 Å². The first-order chi connectivity index (χ1) is 7.86. The summed E-state index contributed by atoms with van der Waals surface area (Å²) in [6.45, 7) is 7.45. The number of carbonyl (C=O) groups is 2. The van der Waals surface area contributed by atoms with Gasteiger partial charge in [0.2, 0.25) is 11.8 Å². The largest absolute Gasteiger partial charge is 0.352 e. The molecule has 100 valence electrons. The molecular weight excluding hydrogens is 218 g/mol. The molecule has 17 heavy (non-hydrogen) atoms. The van der Waals surface area contributed by atoms with Gasteiger partial charge in [-0.3, -0.25) is 9.59 Å². The number of hydrogen-bond donors (Lipinski definition) is 3. The molecule has 0 aromatic heterocycles. The Hall–Kier alpha value is -1.10. The summed E-state index contributed by atoms with van der Waals surface area (Å²) in [5.74, 6) is -0.338. The van der Waals surface area contributed by atoms with Crippen LogP contribution < -0.4 is 16.4 Å². The van der Waals surface area contributed by atoms with E-state index in [1.165, 1.54) is 0 Å².